The molecule has 0 aliphatic rings. The van der Waals surface area contributed by atoms with E-state index in [1.54, 1.807) is 0 Å². The molecule has 3 rings (SSSR count). The van der Waals surface area contributed by atoms with Crippen LogP contribution in [0, 0.1) is 0 Å². The van der Waals surface area contributed by atoms with E-state index in [4.69, 9.17) is 5.73 Å². The Kier molecular flexibility index (Phi) is 3.41. The molecule has 0 amide bonds. The second-order valence-corrected chi connectivity index (χ2v) is 4.84. The van der Waals surface area contributed by atoms with Gasteiger partial charge in [0.15, 0.2) is 17.1 Å². The first kappa shape index (κ1) is 13.3. The lowest BCUT2D eigenvalue weighted by atomic mass is 9.99. The van der Waals surface area contributed by atoms with Crippen molar-refractivity contribution in [2.24, 2.45) is 0 Å². The SMILES string of the molecule is Nc1nc2nc([C@@H](CO)Cc3ccccc3)[nH]c(=O)c2[nH]1. The Hall–Kier alpha value is -2.67. The number of imidazole rings is 1. The molecule has 0 saturated heterocycles. The van der Waals surface area contributed by atoms with Gasteiger partial charge in [0.2, 0.25) is 0 Å². The van der Waals surface area contributed by atoms with Gasteiger partial charge in [-0.1, -0.05) is 30.3 Å². The predicted molar refractivity (Wildman–Crippen MR) is 78.9 cm³/mol. The normalized spacial score (nSPS) is 12.6. The Balaban J connectivity index is 1.99. The lowest BCUT2D eigenvalue weighted by Gasteiger charge is -2.13. The molecule has 0 bridgehead atoms. The summed E-state index contributed by atoms with van der Waals surface area (Å²) in [5.74, 6) is 0.247. The number of H-pyrrole nitrogens is 2. The second kappa shape index (κ2) is 5.37. The number of nitrogens with two attached hydrogens (primary N) is 1. The Morgan fingerprint density at radius 1 is 1.19 bits per heavy atom. The zero-order valence-corrected chi connectivity index (χ0v) is 11.2. The third-order valence-electron chi connectivity index (χ3n) is 3.33. The van der Waals surface area contributed by atoms with Crippen LogP contribution in [0.25, 0.3) is 11.2 Å². The number of fused-ring (bicyclic) bond motifs is 1. The van der Waals surface area contributed by atoms with Crippen LogP contribution in [-0.2, 0) is 6.42 Å². The third kappa shape index (κ3) is 2.63. The van der Waals surface area contributed by atoms with Gasteiger partial charge in [0.1, 0.15) is 5.82 Å². The molecule has 0 unspecified atom stereocenters. The van der Waals surface area contributed by atoms with Gasteiger partial charge in [0.25, 0.3) is 5.56 Å². The molecule has 1 aromatic carbocycles. The van der Waals surface area contributed by atoms with E-state index in [0.717, 1.165) is 5.56 Å². The van der Waals surface area contributed by atoms with Gasteiger partial charge in [-0.2, -0.15) is 4.98 Å². The number of benzene rings is 1. The van der Waals surface area contributed by atoms with Gasteiger partial charge in [-0.3, -0.25) is 4.79 Å². The van der Waals surface area contributed by atoms with Crippen molar-refractivity contribution in [1.29, 1.82) is 0 Å². The van der Waals surface area contributed by atoms with Crippen LogP contribution >= 0.6 is 0 Å². The minimum absolute atomic E-state index is 0.122. The largest absolute Gasteiger partial charge is 0.396 e. The molecule has 0 fully saturated rings. The average Bonchev–Trinajstić information content (AvgIpc) is 2.87. The number of anilines is 1. The van der Waals surface area contributed by atoms with Gasteiger partial charge in [-0.25, -0.2) is 4.98 Å². The van der Waals surface area contributed by atoms with Crippen molar-refractivity contribution in [3.63, 3.8) is 0 Å². The van der Waals surface area contributed by atoms with Crippen LogP contribution in [0.5, 0.6) is 0 Å². The number of nitrogen functional groups attached to an aromatic ring is 1. The Morgan fingerprint density at radius 3 is 2.67 bits per heavy atom. The maximum Gasteiger partial charge on any atom is 0.277 e. The maximum absolute atomic E-state index is 12.0. The summed E-state index contributed by atoms with van der Waals surface area (Å²) >= 11 is 0. The summed E-state index contributed by atoms with van der Waals surface area (Å²) in [6, 6.07) is 9.71. The number of hydrogen-bond donors (Lipinski definition) is 4. The Bertz CT molecular complexity index is 809. The standard InChI is InChI=1S/C14H15N5O2/c15-14-16-10-12(19-14)17-11(18-13(10)21)9(7-20)6-8-4-2-1-3-5-8/h1-5,9,20H,6-7H2,(H4,15,16,17,18,19,21)/t9-/m1/s1. The molecule has 21 heavy (non-hydrogen) atoms. The van der Waals surface area contributed by atoms with Crippen LogP contribution in [0.3, 0.4) is 0 Å². The number of nitrogens with one attached hydrogen (secondary N) is 2. The highest BCUT2D eigenvalue weighted by Gasteiger charge is 2.17. The molecule has 2 aromatic heterocycles. The number of aliphatic hydroxyl groups is 1. The van der Waals surface area contributed by atoms with Crippen molar-refractivity contribution in [3.05, 3.63) is 52.1 Å². The molecule has 7 nitrogen and oxygen atoms in total. The maximum atomic E-state index is 12.0. The highest BCUT2D eigenvalue weighted by molar-refractivity contribution is 5.71. The van der Waals surface area contributed by atoms with Gasteiger partial charge in [0, 0.05) is 5.92 Å². The first-order valence-corrected chi connectivity index (χ1v) is 6.57. The molecule has 0 radical (unpaired) electrons. The molecular weight excluding hydrogens is 270 g/mol. The zero-order valence-electron chi connectivity index (χ0n) is 11.2. The van der Waals surface area contributed by atoms with E-state index in [9.17, 15) is 9.90 Å². The van der Waals surface area contributed by atoms with Crippen LogP contribution in [0.1, 0.15) is 17.3 Å². The molecule has 0 aliphatic heterocycles. The Morgan fingerprint density at radius 2 is 1.95 bits per heavy atom. The molecule has 0 saturated carbocycles. The van der Waals surface area contributed by atoms with Gasteiger partial charge >= 0.3 is 0 Å². The van der Waals surface area contributed by atoms with Crippen LogP contribution in [-0.4, -0.2) is 31.6 Å². The van der Waals surface area contributed by atoms with Crippen molar-refractivity contribution in [1.82, 2.24) is 19.9 Å². The summed E-state index contributed by atoms with van der Waals surface area (Å²) in [6.45, 7) is -0.122. The summed E-state index contributed by atoms with van der Waals surface area (Å²) in [5.41, 5.74) is 6.75. The first-order chi connectivity index (χ1) is 10.2. The van der Waals surface area contributed by atoms with E-state index in [-0.39, 0.29) is 35.2 Å². The van der Waals surface area contributed by atoms with Crippen molar-refractivity contribution in [2.45, 2.75) is 12.3 Å². The van der Waals surface area contributed by atoms with Gasteiger partial charge in [-0.05, 0) is 12.0 Å². The fourth-order valence-electron chi connectivity index (χ4n) is 2.28. The van der Waals surface area contributed by atoms with Crippen LogP contribution < -0.4 is 11.3 Å². The van der Waals surface area contributed by atoms with E-state index < -0.39 is 0 Å². The van der Waals surface area contributed by atoms with E-state index >= 15 is 0 Å². The number of aliphatic hydroxyl groups excluding tert-OH is 1. The topological polar surface area (TPSA) is 121 Å². The van der Waals surface area contributed by atoms with Crippen LogP contribution in [0.4, 0.5) is 5.95 Å². The number of rotatable bonds is 4. The smallest absolute Gasteiger partial charge is 0.277 e. The van der Waals surface area contributed by atoms with Crippen LogP contribution in [0.2, 0.25) is 0 Å². The van der Waals surface area contributed by atoms with E-state index in [0.29, 0.717) is 12.2 Å². The molecular formula is C14H15N5O2. The van der Waals surface area contributed by atoms with E-state index in [2.05, 4.69) is 19.9 Å². The number of aromatic amines is 2. The van der Waals surface area contributed by atoms with Crippen LogP contribution in [0.15, 0.2) is 35.1 Å². The molecule has 108 valence electrons. The summed E-state index contributed by atoms with van der Waals surface area (Å²) in [6.07, 6.45) is 0.575. The van der Waals surface area contributed by atoms with E-state index in [1.165, 1.54) is 0 Å². The zero-order chi connectivity index (χ0) is 14.8. The molecule has 3 aromatic rings. The minimum atomic E-state index is -0.342. The number of nitrogens with zero attached hydrogens (tertiary/aromatic N) is 2. The highest BCUT2D eigenvalue weighted by Crippen LogP contribution is 2.18. The summed E-state index contributed by atoms with van der Waals surface area (Å²) in [7, 11) is 0. The van der Waals surface area contributed by atoms with E-state index in [1.807, 2.05) is 30.3 Å². The number of hydrogen-bond acceptors (Lipinski definition) is 5. The first-order valence-electron chi connectivity index (χ1n) is 6.57. The molecule has 5 N–H and O–H groups in total. The summed E-state index contributed by atoms with van der Waals surface area (Å²) in [5, 5.41) is 9.59. The lowest BCUT2D eigenvalue weighted by Crippen LogP contribution is -2.18. The third-order valence-corrected chi connectivity index (χ3v) is 3.33. The Labute approximate surface area is 119 Å². The van der Waals surface area contributed by atoms with Crippen molar-refractivity contribution >= 4 is 17.1 Å². The van der Waals surface area contributed by atoms with Gasteiger partial charge in [0.05, 0.1) is 6.61 Å². The minimum Gasteiger partial charge on any atom is -0.396 e. The lowest BCUT2D eigenvalue weighted by molar-refractivity contribution is 0.260. The summed E-state index contributed by atoms with van der Waals surface area (Å²) < 4.78 is 0. The highest BCUT2D eigenvalue weighted by atomic mass is 16.3. The van der Waals surface area contributed by atoms with Crippen molar-refractivity contribution < 1.29 is 5.11 Å². The molecule has 0 spiro atoms. The second-order valence-electron chi connectivity index (χ2n) is 4.84. The number of aromatic nitrogens is 4. The van der Waals surface area contributed by atoms with Crippen molar-refractivity contribution in [3.8, 4) is 0 Å². The molecule has 7 heteroatoms. The quantitative estimate of drug-likeness (QED) is 0.557. The predicted octanol–water partition coefficient (Wildman–Crippen LogP) is 0.547. The molecule has 0 aliphatic carbocycles. The van der Waals surface area contributed by atoms with Gasteiger partial charge < -0.3 is 20.8 Å². The van der Waals surface area contributed by atoms with Crippen molar-refractivity contribution in [2.75, 3.05) is 12.3 Å². The fourth-order valence-corrected chi connectivity index (χ4v) is 2.28. The molecule has 2 heterocycles. The van der Waals surface area contributed by atoms with Gasteiger partial charge in [-0.15, -0.1) is 0 Å². The summed E-state index contributed by atoms with van der Waals surface area (Å²) in [4.78, 5) is 25.6. The molecule has 1 atom stereocenters. The average molecular weight is 285 g/mol. The monoisotopic (exact) mass is 285 g/mol. The fraction of sp³-hybridized carbons (Fsp3) is 0.214.